The molecule has 3 rings (SSSR count). The minimum Gasteiger partial charge on any atom is -0.495 e. The number of carbonyl (C=O) groups is 2. The van der Waals surface area contributed by atoms with Crippen LogP contribution >= 0.6 is 0 Å². The highest BCUT2D eigenvalue weighted by Crippen LogP contribution is 2.24. The van der Waals surface area contributed by atoms with Crippen molar-refractivity contribution >= 4 is 28.9 Å². The average molecular weight is 428 g/mol. The van der Waals surface area contributed by atoms with Crippen LogP contribution in [-0.4, -0.2) is 65.4 Å². The zero-order chi connectivity index (χ0) is 22.2. The Morgan fingerprint density at radius 1 is 1.03 bits per heavy atom. The van der Waals surface area contributed by atoms with E-state index < -0.39 is 0 Å². The molecule has 0 saturated carbocycles. The van der Waals surface area contributed by atoms with E-state index in [1.165, 1.54) is 0 Å². The molecule has 8 heteroatoms. The third-order valence-corrected chi connectivity index (χ3v) is 5.08. The first-order chi connectivity index (χ1) is 14.9. The van der Waals surface area contributed by atoms with Crippen molar-refractivity contribution in [1.29, 1.82) is 0 Å². The number of likely N-dealkylation sites (N-methyl/N-ethyl adjacent to an activating group) is 1. The van der Waals surface area contributed by atoms with Crippen LogP contribution < -0.4 is 25.2 Å². The number of benzene rings is 2. The minimum atomic E-state index is -0.177. The zero-order valence-corrected chi connectivity index (χ0v) is 18.4. The molecule has 1 saturated heterocycles. The highest BCUT2D eigenvalue weighted by molar-refractivity contribution is 5.94. The molecule has 1 aliphatic heterocycles. The monoisotopic (exact) mass is 427 g/mol. The number of nitrogens with one attached hydrogen (secondary N) is 3. The Labute approximate surface area is 183 Å². The van der Waals surface area contributed by atoms with E-state index in [1.54, 1.807) is 7.11 Å². The lowest BCUT2D eigenvalue weighted by atomic mass is 10.2. The molecule has 1 aliphatic rings. The van der Waals surface area contributed by atoms with Gasteiger partial charge in [0.15, 0.2) is 13.1 Å². The molecule has 0 aromatic heterocycles. The average Bonchev–Trinajstić information content (AvgIpc) is 2.74. The number of ether oxygens (including phenoxy) is 2. The van der Waals surface area contributed by atoms with Gasteiger partial charge in [-0.05, 0) is 48.9 Å². The second-order valence-electron chi connectivity index (χ2n) is 7.76. The summed E-state index contributed by atoms with van der Waals surface area (Å²) in [6.07, 6.45) is 0. The lowest BCUT2D eigenvalue weighted by Crippen LogP contribution is -3.11. The first-order valence-electron chi connectivity index (χ1n) is 10.4. The van der Waals surface area contributed by atoms with Crippen molar-refractivity contribution in [2.24, 2.45) is 0 Å². The number of rotatable bonds is 8. The number of quaternary nitrogens is 1. The van der Waals surface area contributed by atoms with Crippen LogP contribution in [0.4, 0.5) is 17.1 Å². The van der Waals surface area contributed by atoms with E-state index in [4.69, 9.17) is 9.47 Å². The van der Waals surface area contributed by atoms with Crippen LogP contribution in [0.3, 0.4) is 0 Å². The maximum Gasteiger partial charge on any atom is 0.279 e. The highest BCUT2D eigenvalue weighted by Gasteiger charge is 2.16. The summed E-state index contributed by atoms with van der Waals surface area (Å²) in [5.41, 5.74) is 3.51. The Bertz CT molecular complexity index is 895. The van der Waals surface area contributed by atoms with Crippen molar-refractivity contribution in [1.82, 2.24) is 0 Å². The maximum atomic E-state index is 12.4. The SMILES string of the molecule is COc1ccc(C)cc1NC(=O)C[NH+](C)CC(=O)Nc1ccc(N2CCOCC2)cc1. The molecule has 166 valence electrons. The van der Waals surface area contributed by atoms with Crippen molar-refractivity contribution in [3.8, 4) is 5.75 Å². The van der Waals surface area contributed by atoms with Gasteiger partial charge in [0, 0.05) is 24.5 Å². The van der Waals surface area contributed by atoms with Crippen LogP contribution in [0.1, 0.15) is 5.56 Å². The number of nitrogens with zero attached hydrogens (tertiary/aromatic N) is 1. The summed E-state index contributed by atoms with van der Waals surface area (Å²) >= 11 is 0. The topological polar surface area (TPSA) is 84.3 Å². The molecule has 0 aliphatic carbocycles. The molecule has 2 aromatic carbocycles. The molecule has 0 bridgehead atoms. The van der Waals surface area contributed by atoms with Gasteiger partial charge in [-0.3, -0.25) is 9.59 Å². The fourth-order valence-electron chi connectivity index (χ4n) is 3.51. The summed E-state index contributed by atoms with van der Waals surface area (Å²) in [6.45, 7) is 5.51. The molecule has 3 N–H and O–H groups in total. The van der Waals surface area contributed by atoms with Crippen molar-refractivity contribution in [3.63, 3.8) is 0 Å². The Morgan fingerprint density at radius 2 is 1.68 bits per heavy atom. The molecule has 1 heterocycles. The Morgan fingerprint density at radius 3 is 2.32 bits per heavy atom. The molecular formula is C23H31N4O4+. The normalized spacial score (nSPS) is 14.6. The van der Waals surface area contributed by atoms with Gasteiger partial charge in [-0.2, -0.15) is 0 Å². The van der Waals surface area contributed by atoms with Gasteiger partial charge >= 0.3 is 0 Å². The number of amides is 2. The highest BCUT2D eigenvalue weighted by atomic mass is 16.5. The van der Waals surface area contributed by atoms with Crippen LogP contribution in [0.5, 0.6) is 5.75 Å². The van der Waals surface area contributed by atoms with E-state index in [9.17, 15) is 9.59 Å². The van der Waals surface area contributed by atoms with Gasteiger partial charge < -0.3 is 29.9 Å². The smallest absolute Gasteiger partial charge is 0.279 e. The third kappa shape index (κ3) is 6.70. The minimum absolute atomic E-state index is 0.141. The molecule has 2 aromatic rings. The summed E-state index contributed by atoms with van der Waals surface area (Å²) in [5, 5.41) is 5.76. The van der Waals surface area contributed by atoms with E-state index in [0.29, 0.717) is 11.4 Å². The van der Waals surface area contributed by atoms with Gasteiger partial charge in [0.1, 0.15) is 5.75 Å². The van der Waals surface area contributed by atoms with Gasteiger partial charge in [0.05, 0.1) is 33.1 Å². The van der Waals surface area contributed by atoms with Gasteiger partial charge in [-0.1, -0.05) is 6.07 Å². The number of methoxy groups -OCH3 is 1. The maximum absolute atomic E-state index is 12.4. The van der Waals surface area contributed by atoms with Crippen molar-refractivity contribution < 1.29 is 24.0 Å². The predicted octanol–water partition coefficient (Wildman–Crippen LogP) is 0.932. The van der Waals surface area contributed by atoms with Crippen molar-refractivity contribution in [2.45, 2.75) is 6.92 Å². The fourth-order valence-corrected chi connectivity index (χ4v) is 3.51. The predicted molar refractivity (Wildman–Crippen MR) is 121 cm³/mol. The van der Waals surface area contributed by atoms with E-state index in [0.717, 1.165) is 48.1 Å². The number of carbonyl (C=O) groups excluding carboxylic acids is 2. The summed E-state index contributed by atoms with van der Waals surface area (Å²) < 4.78 is 10.7. The van der Waals surface area contributed by atoms with Crippen LogP contribution in [0.25, 0.3) is 0 Å². The van der Waals surface area contributed by atoms with Gasteiger partial charge in [0.25, 0.3) is 11.8 Å². The summed E-state index contributed by atoms with van der Waals surface area (Å²) in [6, 6.07) is 13.4. The fraction of sp³-hybridized carbons (Fsp3) is 0.391. The van der Waals surface area contributed by atoms with Crippen LogP contribution in [0, 0.1) is 6.92 Å². The first-order valence-corrected chi connectivity index (χ1v) is 10.4. The Hall–Kier alpha value is -3.10. The van der Waals surface area contributed by atoms with Gasteiger partial charge in [-0.25, -0.2) is 0 Å². The van der Waals surface area contributed by atoms with Crippen LogP contribution in [0.15, 0.2) is 42.5 Å². The van der Waals surface area contributed by atoms with E-state index in [2.05, 4.69) is 15.5 Å². The molecule has 31 heavy (non-hydrogen) atoms. The standard InChI is InChI=1S/C23H30N4O4/c1-17-4-9-21(30-3)20(14-17)25-23(29)16-26(2)15-22(28)24-18-5-7-19(8-6-18)27-10-12-31-13-11-27/h4-9,14H,10-13,15-16H2,1-3H3,(H,24,28)(H,25,29)/p+1. The Balaban J connectivity index is 1.47. The first kappa shape index (κ1) is 22.6. The summed E-state index contributed by atoms with van der Waals surface area (Å²) in [7, 11) is 3.38. The molecule has 1 atom stereocenters. The number of hydrogen-bond donors (Lipinski definition) is 3. The van der Waals surface area contributed by atoms with E-state index in [1.807, 2.05) is 56.4 Å². The second kappa shape index (κ2) is 10.8. The molecule has 1 unspecified atom stereocenters. The molecule has 0 spiro atoms. The molecule has 8 nitrogen and oxygen atoms in total. The van der Waals surface area contributed by atoms with Crippen LogP contribution in [0.2, 0.25) is 0 Å². The largest absolute Gasteiger partial charge is 0.495 e. The van der Waals surface area contributed by atoms with Crippen molar-refractivity contribution in [2.75, 3.05) is 69.1 Å². The van der Waals surface area contributed by atoms with E-state index >= 15 is 0 Å². The van der Waals surface area contributed by atoms with Gasteiger partial charge in [-0.15, -0.1) is 0 Å². The lowest BCUT2D eigenvalue weighted by molar-refractivity contribution is -0.862. The number of hydrogen-bond acceptors (Lipinski definition) is 5. The number of morpholine rings is 1. The van der Waals surface area contributed by atoms with E-state index in [-0.39, 0.29) is 24.9 Å². The number of anilines is 3. The summed E-state index contributed by atoms with van der Waals surface area (Å²) in [4.78, 5) is 27.8. The summed E-state index contributed by atoms with van der Waals surface area (Å²) in [5.74, 6) is 0.288. The molecule has 1 fully saturated rings. The molecule has 2 amide bonds. The van der Waals surface area contributed by atoms with Crippen LogP contribution in [-0.2, 0) is 14.3 Å². The second-order valence-corrected chi connectivity index (χ2v) is 7.76. The molecular weight excluding hydrogens is 396 g/mol. The zero-order valence-electron chi connectivity index (χ0n) is 18.4. The van der Waals surface area contributed by atoms with Crippen molar-refractivity contribution in [3.05, 3.63) is 48.0 Å². The lowest BCUT2D eigenvalue weighted by Gasteiger charge is -2.28. The molecule has 0 radical (unpaired) electrons. The van der Waals surface area contributed by atoms with Gasteiger partial charge in [0.2, 0.25) is 0 Å². The number of aryl methyl sites for hydroxylation is 1. The Kier molecular flexibility index (Phi) is 7.86. The quantitative estimate of drug-likeness (QED) is 0.584. The third-order valence-electron chi connectivity index (χ3n) is 5.08.